The Bertz CT molecular complexity index is 1240. The van der Waals surface area contributed by atoms with Crippen molar-refractivity contribution in [2.24, 2.45) is 5.10 Å². The Morgan fingerprint density at radius 2 is 2.06 bits per heavy atom. The number of hydrogen-bond donors (Lipinski definition) is 1. The van der Waals surface area contributed by atoms with E-state index in [1.165, 1.54) is 24.9 Å². The fraction of sp³-hybridized carbons (Fsp3) is 0.304. The summed E-state index contributed by atoms with van der Waals surface area (Å²) in [7, 11) is 1.46. The van der Waals surface area contributed by atoms with Gasteiger partial charge in [0, 0.05) is 16.0 Å². The number of aromatic nitrogens is 2. The topological polar surface area (TPSA) is 103 Å². The highest BCUT2D eigenvalue weighted by atomic mass is 79.9. The third-order valence-electron chi connectivity index (χ3n) is 5.07. The summed E-state index contributed by atoms with van der Waals surface area (Å²) < 4.78 is 13.0. The molecule has 9 heteroatoms. The lowest BCUT2D eigenvalue weighted by Crippen LogP contribution is -2.24. The monoisotopic (exact) mass is 501 g/mol. The number of methoxy groups -OCH3 is 1. The molecule has 1 N–H and O–H groups in total. The Hall–Kier alpha value is -3.20. The van der Waals surface area contributed by atoms with E-state index in [2.05, 4.69) is 26.0 Å². The number of halogens is 1. The number of nitrogens with zero attached hydrogens (tertiary/aromatic N) is 3. The molecule has 8 nitrogen and oxygen atoms in total. The molecule has 0 unspecified atom stereocenters. The number of para-hydroxylation sites is 1. The number of hydrogen-bond acceptors (Lipinski definition) is 6. The van der Waals surface area contributed by atoms with Crippen molar-refractivity contribution >= 4 is 39.0 Å². The SMILES string of the molecule is CC[C@@H](C)c1nc2ccc(Br)cc2c(=O)n1N=Cc1cccc(OC)c1O[C@@H](C)C(=O)O. The van der Waals surface area contributed by atoms with E-state index in [0.717, 1.165) is 10.9 Å². The van der Waals surface area contributed by atoms with Crippen LogP contribution in [0, 0.1) is 0 Å². The van der Waals surface area contributed by atoms with Crippen LogP contribution in [0.3, 0.4) is 0 Å². The van der Waals surface area contributed by atoms with Gasteiger partial charge in [0.15, 0.2) is 17.6 Å². The third-order valence-corrected chi connectivity index (χ3v) is 5.56. The first-order valence-corrected chi connectivity index (χ1v) is 10.9. The maximum absolute atomic E-state index is 13.3. The highest BCUT2D eigenvalue weighted by Gasteiger charge is 2.19. The van der Waals surface area contributed by atoms with Crippen molar-refractivity contribution in [1.82, 2.24) is 9.66 Å². The number of aliphatic carboxylic acids is 1. The zero-order valence-corrected chi connectivity index (χ0v) is 19.8. The van der Waals surface area contributed by atoms with Gasteiger partial charge in [-0.3, -0.25) is 4.79 Å². The first-order valence-electron chi connectivity index (χ1n) is 10.1. The van der Waals surface area contributed by atoms with E-state index in [4.69, 9.17) is 9.47 Å². The molecule has 0 aliphatic rings. The number of rotatable bonds is 8. The number of carboxylic acid groups (broad SMARTS) is 1. The van der Waals surface area contributed by atoms with Crippen molar-refractivity contribution in [2.75, 3.05) is 7.11 Å². The molecule has 3 aromatic rings. The van der Waals surface area contributed by atoms with E-state index in [1.807, 2.05) is 19.9 Å². The predicted octanol–water partition coefficient (Wildman–Crippen LogP) is 4.42. The molecule has 0 amide bonds. The molecule has 2 aromatic carbocycles. The van der Waals surface area contributed by atoms with Crippen LogP contribution >= 0.6 is 15.9 Å². The minimum Gasteiger partial charge on any atom is -0.493 e. The molecule has 0 radical (unpaired) electrons. The Labute approximate surface area is 193 Å². The summed E-state index contributed by atoms with van der Waals surface area (Å²) in [6, 6.07) is 10.4. The normalized spacial score (nSPS) is 13.3. The second-order valence-corrected chi connectivity index (χ2v) is 8.19. The van der Waals surface area contributed by atoms with Crippen LogP contribution in [0.15, 0.2) is 50.8 Å². The highest BCUT2D eigenvalue weighted by Crippen LogP contribution is 2.31. The summed E-state index contributed by atoms with van der Waals surface area (Å²) in [4.78, 5) is 29.2. The van der Waals surface area contributed by atoms with Gasteiger partial charge in [-0.15, -0.1) is 0 Å². The summed E-state index contributed by atoms with van der Waals surface area (Å²) in [5.41, 5.74) is 0.765. The van der Waals surface area contributed by atoms with Gasteiger partial charge in [-0.25, -0.2) is 9.78 Å². The number of fused-ring (bicyclic) bond motifs is 1. The largest absolute Gasteiger partial charge is 0.493 e. The van der Waals surface area contributed by atoms with Crippen LogP contribution in [0.2, 0.25) is 0 Å². The van der Waals surface area contributed by atoms with Crippen molar-refractivity contribution in [3.63, 3.8) is 0 Å². The van der Waals surface area contributed by atoms with E-state index in [0.29, 0.717) is 28.0 Å². The van der Waals surface area contributed by atoms with Crippen molar-refractivity contribution in [2.45, 2.75) is 39.2 Å². The van der Waals surface area contributed by atoms with Crippen LogP contribution in [0.4, 0.5) is 0 Å². The van der Waals surface area contributed by atoms with E-state index in [9.17, 15) is 14.7 Å². The average molecular weight is 502 g/mol. The Morgan fingerprint density at radius 3 is 2.72 bits per heavy atom. The second-order valence-electron chi connectivity index (χ2n) is 7.28. The van der Waals surface area contributed by atoms with Crippen LogP contribution in [-0.4, -0.2) is 40.2 Å². The molecule has 2 atom stereocenters. The lowest BCUT2D eigenvalue weighted by atomic mass is 10.1. The van der Waals surface area contributed by atoms with Gasteiger partial charge in [0.1, 0.15) is 5.82 Å². The average Bonchev–Trinajstić information content (AvgIpc) is 2.78. The molecular weight excluding hydrogens is 478 g/mol. The van der Waals surface area contributed by atoms with Crippen LogP contribution in [0.5, 0.6) is 11.5 Å². The molecule has 0 bridgehead atoms. The zero-order chi connectivity index (χ0) is 23.4. The molecule has 0 aliphatic carbocycles. The maximum atomic E-state index is 13.3. The fourth-order valence-corrected chi connectivity index (χ4v) is 3.41. The number of benzene rings is 2. The summed E-state index contributed by atoms with van der Waals surface area (Å²) >= 11 is 3.40. The van der Waals surface area contributed by atoms with Gasteiger partial charge in [0.25, 0.3) is 5.56 Å². The molecule has 1 heterocycles. The van der Waals surface area contributed by atoms with Crippen molar-refractivity contribution in [3.8, 4) is 11.5 Å². The molecule has 0 spiro atoms. The van der Waals surface area contributed by atoms with E-state index < -0.39 is 12.1 Å². The summed E-state index contributed by atoms with van der Waals surface area (Å²) in [5, 5.41) is 14.1. The van der Waals surface area contributed by atoms with E-state index in [1.54, 1.807) is 30.3 Å². The molecule has 0 aliphatic heterocycles. The number of carbonyl (C=O) groups is 1. The Morgan fingerprint density at radius 1 is 1.31 bits per heavy atom. The van der Waals surface area contributed by atoms with Gasteiger partial charge in [-0.1, -0.05) is 35.8 Å². The minimum atomic E-state index is -1.11. The molecule has 0 fully saturated rings. The molecule has 0 saturated heterocycles. The number of carboxylic acids is 1. The first-order chi connectivity index (χ1) is 15.3. The van der Waals surface area contributed by atoms with Crippen molar-refractivity contribution in [3.05, 3.63) is 62.6 Å². The van der Waals surface area contributed by atoms with Gasteiger partial charge in [-0.2, -0.15) is 9.78 Å². The van der Waals surface area contributed by atoms with Gasteiger partial charge in [-0.05, 0) is 43.7 Å². The van der Waals surface area contributed by atoms with Crippen LogP contribution in [-0.2, 0) is 4.79 Å². The second kappa shape index (κ2) is 9.95. The summed E-state index contributed by atoms with van der Waals surface area (Å²) in [6.45, 7) is 5.41. The lowest BCUT2D eigenvalue weighted by Gasteiger charge is -2.16. The first kappa shape index (κ1) is 23.5. The maximum Gasteiger partial charge on any atom is 0.344 e. The molecule has 32 heavy (non-hydrogen) atoms. The third kappa shape index (κ3) is 4.83. The Balaban J connectivity index is 2.17. The quantitative estimate of drug-likeness (QED) is 0.458. The van der Waals surface area contributed by atoms with Crippen LogP contribution in [0.1, 0.15) is 44.5 Å². The molecule has 3 rings (SSSR count). The van der Waals surface area contributed by atoms with Crippen LogP contribution in [0.25, 0.3) is 10.9 Å². The van der Waals surface area contributed by atoms with Gasteiger partial charge in [0.2, 0.25) is 0 Å². The number of ether oxygens (including phenoxy) is 2. The lowest BCUT2D eigenvalue weighted by molar-refractivity contribution is -0.144. The highest BCUT2D eigenvalue weighted by molar-refractivity contribution is 9.10. The van der Waals surface area contributed by atoms with Crippen molar-refractivity contribution in [1.29, 1.82) is 0 Å². The summed E-state index contributed by atoms with van der Waals surface area (Å²) in [6.07, 6.45) is 1.12. The molecule has 168 valence electrons. The van der Waals surface area contributed by atoms with E-state index >= 15 is 0 Å². The minimum absolute atomic E-state index is 0.0130. The van der Waals surface area contributed by atoms with Crippen LogP contribution < -0.4 is 15.0 Å². The summed E-state index contributed by atoms with van der Waals surface area (Å²) in [5.74, 6) is -0.00688. The van der Waals surface area contributed by atoms with Crippen molar-refractivity contribution < 1.29 is 19.4 Å². The molecule has 1 aromatic heterocycles. The predicted molar refractivity (Wildman–Crippen MR) is 126 cm³/mol. The van der Waals surface area contributed by atoms with E-state index in [-0.39, 0.29) is 17.2 Å². The van der Waals surface area contributed by atoms with Gasteiger partial charge >= 0.3 is 5.97 Å². The fourth-order valence-electron chi connectivity index (χ4n) is 3.05. The van der Waals surface area contributed by atoms with Gasteiger partial charge < -0.3 is 14.6 Å². The standard InChI is InChI=1S/C23H24BrN3O5/c1-5-13(2)21-26-18-10-9-16(24)11-17(18)22(28)27(21)25-12-15-7-6-8-19(31-4)20(15)32-14(3)23(29)30/h6-14H,5H2,1-4H3,(H,29,30)/t13-,14+/m1/s1. The molecule has 0 saturated carbocycles. The van der Waals surface area contributed by atoms with Gasteiger partial charge in [0.05, 0.1) is 24.2 Å². The Kier molecular flexibility index (Phi) is 7.29. The zero-order valence-electron chi connectivity index (χ0n) is 18.2. The smallest absolute Gasteiger partial charge is 0.344 e. The molecular formula is C23H24BrN3O5.